The predicted molar refractivity (Wildman–Crippen MR) is 44.3 cm³/mol. The molecule has 0 aliphatic carbocycles. The topological polar surface area (TPSA) is 72.1 Å². The minimum atomic E-state index is -0.556. The van der Waals surface area contributed by atoms with Gasteiger partial charge in [0.2, 0.25) is 5.78 Å². The first-order valence-electron chi connectivity index (χ1n) is 3.75. The van der Waals surface area contributed by atoms with Crippen molar-refractivity contribution < 1.29 is 14.3 Å². The van der Waals surface area contributed by atoms with Crippen molar-refractivity contribution in [2.75, 3.05) is 7.11 Å². The van der Waals surface area contributed by atoms with Gasteiger partial charge in [-0.15, -0.1) is 0 Å². The molecule has 0 amide bonds. The molecule has 1 aromatic rings. The van der Waals surface area contributed by atoms with Crippen molar-refractivity contribution in [2.45, 2.75) is 13.3 Å². The van der Waals surface area contributed by atoms with Crippen LogP contribution >= 0.6 is 0 Å². The van der Waals surface area contributed by atoms with Crippen LogP contribution in [0, 0.1) is 6.92 Å². The molecule has 0 atom stereocenters. The van der Waals surface area contributed by atoms with E-state index in [1.54, 1.807) is 6.92 Å². The van der Waals surface area contributed by atoms with Crippen molar-refractivity contribution in [3.8, 4) is 0 Å². The molecule has 1 rings (SSSR count). The minimum absolute atomic E-state index is 0.197. The third-order valence-corrected chi connectivity index (χ3v) is 1.50. The van der Waals surface area contributed by atoms with Crippen LogP contribution < -0.4 is 0 Å². The number of rotatable bonds is 3. The number of carbonyl (C=O) groups excluding carboxylic acids is 2. The maximum absolute atomic E-state index is 11.2. The molecule has 13 heavy (non-hydrogen) atoms. The van der Waals surface area contributed by atoms with Gasteiger partial charge in [0.25, 0.3) is 0 Å². The average Bonchev–Trinajstić information content (AvgIpc) is 2.51. The number of ketones is 1. The van der Waals surface area contributed by atoms with Crippen LogP contribution in [-0.2, 0) is 9.53 Å². The highest BCUT2D eigenvalue weighted by atomic mass is 16.5. The summed E-state index contributed by atoms with van der Waals surface area (Å²) in [5, 5.41) is 0. The Balaban J connectivity index is 2.64. The van der Waals surface area contributed by atoms with E-state index in [9.17, 15) is 9.59 Å². The fraction of sp³-hybridized carbons (Fsp3) is 0.375. The van der Waals surface area contributed by atoms with Gasteiger partial charge in [-0.25, -0.2) is 4.98 Å². The van der Waals surface area contributed by atoms with E-state index in [1.807, 2.05) is 0 Å². The second-order valence-corrected chi connectivity index (χ2v) is 2.59. The number of carbonyl (C=O) groups is 2. The Morgan fingerprint density at radius 3 is 2.77 bits per heavy atom. The van der Waals surface area contributed by atoms with Crippen LogP contribution in [0.1, 0.15) is 22.7 Å². The first-order valence-corrected chi connectivity index (χ1v) is 3.75. The highest BCUT2D eigenvalue weighted by Gasteiger charge is 2.14. The lowest BCUT2D eigenvalue weighted by Crippen LogP contribution is -2.10. The van der Waals surface area contributed by atoms with Crippen molar-refractivity contribution >= 4 is 11.8 Å². The van der Waals surface area contributed by atoms with E-state index in [2.05, 4.69) is 14.7 Å². The van der Waals surface area contributed by atoms with Crippen molar-refractivity contribution in [1.82, 2.24) is 9.97 Å². The average molecular weight is 182 g/mol. The third kappa shape index (κ3) is 2.40. The van der Waals surface area contributed by atoms with Crippen LogP contribution in [-0.4, -0.2) is 28.8 Å². The molecule has 5 heteroatoms. The first-order chi connectivity index (χ1) is 6.13. The summed E-state index contributed by atoms with van der Waals surface area (Å²) in [6.07, 6.45) is 1.26. The van der Waals surface area contributed by atoms with Crippen LogP contribution in [0.5, 0.6) is 0 Å². The Hall–Kier alpha value is -1.65. The number of nitrogens with zero attached hydrogens (tertiary/aromatic N) is 1. The molecule has 0 aromatic carbocycles. The van der Waals surface area contributed by atoms with E-state index in [0.29, 0.717) is 0 Å². The molecule has 5 nitrogen and oxygen atoms in total. The molecule has 0 fully saturated rings. The Morgan fingerprint density at radius 1 is 1.62 bits per heavy atom. The molecule has 0 bridgehead atoms. The van der Waals surface area contributed by atoms with E-state index in [1.165, 1.54) is 13.3 Å². The van der Waals surface area contributed by atoms with Gasteiger partial charge in [0, 0.05) is 11.9 Å². The number of H-pyrrole nitrogens is 1. The maximum atomic E-state index is 11.2. The molecule has 1 N–H and O–H groups in total. The second kappa shape index (κ2) is 3.84. The molecule has 0 saturated carbocycles. The van der Waals surface area contributed by atoms with Gasteiger partial charge in [-0.1, -0.05) is 0 Å². The van der Waals surface area contributed by atoms with Crippen molar-refractivity contribution in [3.05, 3.63) is 17.7 Å². The van der Waals surface area contributed by atoms with Gasteiger partial charge < -0.3 is 9.72 Å². The minimum Gasteiger partial charge on any atom is -0.469 e. The van der Waals surface area contributed by atoms with E-state index in [0.717, 1.165) is 5.69 Å². The summed E-state index contributed by atoms with van der Waals surface area (Å²) >= 11 is 0. The van der Waals surface area contributed by atoms with Crippen LogP contribution in [0.3, 0.4) is 0 Å². The molecular weight excluding hydrogens is 172 g/mol. The number of Topliss-reactive ketones (excluding diaryl/α,β-unsaturated/α-hetero) is 1. The number of hydrogen-bond acceptors (Lipinski definition) is 4. The lowest BCUT2D eigenvalue weighted by molar-refractivity contribution is -0.139. The Kier molecular flexibility index (Phi) is 2.79. The summed E-state index contributed by atoms with van der Waals surface area (Å²) in [4.78, 5) is 28.5. The van der Waals surface area contributed by atoms with Crippen LogP contribution in [0.15, 0.2) is 6.20 Å². The summed E-state index contributed by atoms with van der Waals surface area (Å²) in [7, 11) is 1.24. The van der Waals surface area contributed by atoms with E-state index in [4.69, 9.17) is 0 Å². The molecule has 70 valence electrons. The zero-order valence-corrected chi connectivity index (χ0v) is 7.46. The quantitative estimate of drug-likeness (QED) is 0.419. The molecule has 1 aromatic heterocycles. The number of nitrogens with one attached hydrogen (secondary N) is 1. The third-order valence-electron chi connectivity index (χ3n) is 1.50. The zero-order valence-electron chi connectivity index (χ0n) is 7.46. The Bertz CT molecular complexity index is 330. The number of aromatic amines is 1. The van der Waals surface area contributed by atoms with Crippen LogP contribution in [0.2, 0.25) is 0 Å². The summed E-state index contributed by atoms with van der Waals surface area (Å²) in [5.41, 5.74) is 0.785. The second-order valence-electron chi connectivity index (χ2n) is 2.59. The standard InChI is InChI=1S/C8H10N2O3/c1-5-4-9-8(10-5)6(11)3-7(12)13-2/h4H,3H2,1-2H3,(H,9,10). The number of imidazole rings is 1. The summed E-state index contributed by atoms with van der Waals surface area (Å²) in [6, 6.07) is 0. The van der Waals surface area contributed by atoms with Crippen molar-refractivity contribution in [2.24, 2.45) is 0 Å². The number of esters is 1. The number of methoxy groups -OCH3 is 1. The maximum Gasteiger partial charge on any atom is 0.313 e. The molecule has 0 radical (unpaired) electrons. The highest BCUT2D eigenvalue weighted by molar-refractivity contribution is 6.03. The van der Waals surface area contributed by atoms with Crippen LogP contribution in [0.25, 0.3) is 0 Å². The largest absolute Gasteiger partial charge is 0.469 e. The number of aromatic nitrogens is 2. The zero-order chi connectivity index (χ0) is 9.84. The smallest absolute Gasteiger partial charge is 0.313 e. The van der Waals surface area contributed by atoms with Crippen LogP contribution in [0.4, 0.5) is 0 Å². The monoisotopic (exact) mass is 182 g/mol. The molecule has 1 heterocycles. The summed E-state index contributed by atoms with van der Waals surface area (Å²) < 4.78 is 4.35. The molecular formula is C8H10N2O3. The fourth-order valence-electron chi connectivity index (χ4n) is 0.841. The molecule has 0 spiro atoms. The SMILES string of the molecule is COC(=O)CC(=O)c1ncc(C)[nH]1. The molecule has 0 unspecified atom stereocenters. The Labute approximate surface area is 75.1 Å². The van der Waals surface area contributed by atoms with Gasteiger partial charge in [0.15, 0.2) is 5.82 Å². The Morgan fingerprint density at radius 2 is 2.31 bits per heavy atom. The lowest BCUT2D eigenvalue weighted by atomic mass is 10.3. The van der Waals surface area contributed by atoms with E-state index in [-0.39, 0.29) is 18.0 Å². The van der Waals surface area contributed by atoms with Crippen molar-refractivity contribution in [3.63, 3.8) is 0 Å². The van der Waals surface area contributed by atoms with Gasteiger partial charge in [-0.3, -0.25) is 9.59 Å². The first kappa shape index (κ1) is 9.44. The van der Waals surface area contributed by atoms with Crippen molar-refractivity contribution in [1.29, 1.82) is 0 Å². The number of ether oxygens (including phenoxy) is 1. The van der Waals surface area contributed by atoms with Gasteiger partial charge >= 0.3 is 5.97 Å². The normalized spacial score (nSPS) is 9.69. The molecule has 0 aliphatic rings. The summed E-state index contributed by atoms with van der Waals surface area (Å²) in [5.74, 6) is -0.720. The lowest BCUT2D eigenvalue weighted by Gasteiger charge is -1.95. The van der Waals surface area contributed by atoms with E-state index >= 15 is 0 Å². The summed E-state index contributed by atoms with van der Waals surface area (Å²) in [6.45, 7) is 1.78. The van der Waals surface area contributed by atoms with Gasteiger partial charge in [0.05, 0.1) is 7.11 Å². The fourth-order valence-corrected chi connectivity index (χ4v) is 0.841. The molecule has 0 saturated heterocycles. The molecule has 0 aliphatic heterocycles. The number of aryl methyl sites for hydroxylation is 1. The highest BCUT2D eigenvalue weighted by Crippen LogP contribution is 1.99. The number of hydrogen-bond donors (Lipinski definition) is 1. The van der Waals surface area contributed by atoms with Gasteiger partial charge in [-0.2, -0.15) is 0 Å². The van der Waals surface area contributed by atoms with E-state index < -0.39 is 5.97 Å². The predicted octanol–water partition coefficient (Wildman–Crippen LogP) is 0.464. The van der Waals surface area contributed by atoms with Gasteiger partial charge in [-0.05, 0) is 6.92 Å². The van der Waals surface area contributed by atoms with Gasteiger partial charge in [0.1, 0.15) is 6.42 Å².